The van der Waals surface area contributed by atoms with Crippen LogP contribution in [0.4, 0.5) is 0 Å². The zero-order chi connectivity index (χ0) is 13.1. The number of hydrogen-bond acceptors (Lipinski definition) is 3. The van der Waals surface area contributed by atoms with Crippen molar-refractivity contribution in [1.82, 2.24) is 4.98 Å². The highest BCUT2D eigenvalue weighted by molar-refractivity contribution is 5.86. The van der Waals surface area contributed by atoms with Gasteiger partial charge >= 0.3 is 11.9 Å². The summed E-state index contributed by atoms with van der Waals surface area (Å²) < 4.78 is 0. The predicted octanol–water partition coefficient (Wildman–Crippen LogP) is 1.98. The summed E-state index contributed by atoms with van der Waals surface area (Å²) in [5.74, 6) is -1.86. The average Bonchev–Trinajstić information content (AvgIpc) is 2.31. The number of allylic oxidation sites excluding steroid dienone is 3. The number of hydrogen-bond donors (Lipinski definition) is 2. The highest BCUT2D eigenvalue weighted by Crippen LogP contribution is 1.92. The Hall–Kier alpha value is -2.43. The summed E-state index contributed by atoms with van der Waals surface area (Å²) in [5, 5.41) is 16.4. The molecule has 5 nitrogen and oxygen atoms in total. The lowest BCUT2D eigenvalue weighted by Crippen LogP contribution is -1.94. The molecule has 5 heteroatoms. The van der Waals surface area contributed by atoms with Crippen molar-refractivity contribution >= 4 is 11.9 Å². The minimum absolute atomic E-state index is 0.220. The quantitative estimate of drug-likeness (QED) is 0.617. The summed E-state index contributed by atoms with van der Waals surface area (Å²) in [6.45, 7) is 1.83. The van der Waals surface area contributed by atoms with E-state index in [1.807, 2.05) is 6.92 Å². The molecule has 0 saturated heterocycles. The molecule has 1 rings (SSSR count). The van der Waals surface area contributed by atoms with E-state index in [-0.39, 0.29) is 5.56 Å². The third kappa shape index (κ3) is 8.56. The number of carboxylic acid groups (broad SMARTS) is 2. The number of aromatic nitrogens is 1. The Balaban J connectivity index is 0.000000304. The monoisotopic (exact) mass is 235 g/mol. The second-order valence-electron chi connectivity index (χ2n) is 2.77. The molecule has 0 atom stereocenters. The Morgan fingerprint density at radius 1 is 1.29 bits per heavy atom. The second kappa shape index (κ2) is 8.84. The molecule has 0 aliphatic heterocycles. The van der Waals surface area contributed by atoms with Crippen LogP contribution >= 0.6 is 0 Å². The van der Waals surface area contributed by atoms with Crippen molar-refractivity contribution in [3.05, 3.63) is 54.4 Å². The number of carbonyl (C=O) groups is 2. The van der Waals surface area contributed by atoms with Crippen LogP contribution in [0.2, 0.25) is 0 Å². The van der Waals surface area contributed by atoms with E-state index in [1.165, 1.54) is 24.5 Å². The number of rotatable bonds is 3. The third-order valence-electron chi connectivity index (χ3n) is 1.45. The predicted molar refractivity (Wildman–Crippen MR) is 62.8 cm³/mol. The molecule has 1 aromatic rings. The Labute approximate surface area is 98.7 Å². The fraction of sp³-hybridized carbons (Fsp3) is 0.0833. The molecule has 90 valence electrons. The lowest BCUT2D eigenvalue weighted by atomic mass is 10.3. The van der Waals surface area contributed by atoms with E-state index >= 15 is 0 Å². The van der Waals surface area contributed by atoms with Crippen molar-refractivity contribution in [1.29, 1.82) is 0 Å². The number of aliphatic carboxylic acids is 1. The van der Waals surface area contributed by atoms with Gasteiger partial charge in [0.25, 0.3) is 0 Å². The van der Waals surface area contributed by atoms with Gasteiger partial charge in [0.1, 0.15) is 0 Å². The van der Waals surface area contributed by atoms with E-state index in [2.05, 4.69) is 4.98 Å². The van der Waals surface area contributed by atoms with Gasteiger partial charge in [0, 0.05) is 18.5 Å². The number of carboxylic acids is 2. The van der Waals surface area contributed by atoms with E-state index in [0.29, 0.717) is 0 Å². The van der Waals surface area contributed by atoms with E-state index in [0.717, 1.165) is 6.08 Å². The van der Waals surface area contributed by atoms with Crippen LogP contribution in [0.5, 0.6) is 0 Å². The number of aromatic carboxylic acids is 1. The first-order valence-electron chi connectivity index (χ1n) is 4.73. The zero-order valence-electron chi connectivity index (χ0n) is 9.28. The maximum atomic E-state index is 10.2. The van der Waals surface area contributed by atoms with E-state index in [1.54, 1.807) is 18.2 Å². The van der Waals surface area contributed by atoms with Crippen LogP contribution in [-0.4, -0.2) is 27.1 Å². The van der Waals surface area contributed by atoms with Crippen molar-refractivity contribution in [3.63, 3.8) is 0 Å². The Kier molecular flexibility index (Phi) is 7.58. The Bertz CT molecular complexity index is 410. The van der Waals surface area contributed by atoms with Gasteiger partial charge in [0.05, 0.1) is 5.56 Å². The van der Waals surface area contributed by atoms with Gasteiger partial charge in [0.2, 0.25) is 0 Å². The molecular weight excluding hydrogens is 222 g/mol. The molecule has 0 saturated carbocycles. The lowest BCUT2D eigenvalue weighted by Gasteiger charge is -1.87. The lowest BCUT2D eigenvalue weighted by molar-refractivity contribution is -0.131. The standard InChI is InChI=1S/C6H5NO2.C6H8O2/c8-6(9)5-2-1-3-7-4-5;1-2-3-4-5-6(7)8/h1-4H,(H,8,9);2-5H,1H3,(H,7,8)/b;3-2+,5-4+. The number of pyridine rings is 1. The molecule has 0 unspecified atom stereocenters. The van der Waals surface area contributed by atoms with E-state index < -0.39 is 11.9 Å². The maximum Gasteiger partial charge on any atom is 0.337 e. The van der Waals surface area contributed by atoms with Crippen molar-refractivity contribution in [2.24, 2.45) is 0 Å². The van der Waals surface area contributed by atoms with Gasteiger partial charge in [0.15, 0.2) is 0 Å². The highest BCUT2D eigenvalue weighted by atomic mass is 16.4. The first-order chi connectivity index (χ1) is 8.07. The van der Waals surface area contributed by atoms with Gasteiger partial charge in [-0.25, -0.2) is 9.59 Å². The molecule has 17 heavy (non-hydrogen) atoms. The zero-order valence-corrected chi connectivity index (χ0v) is 9.28. The Morgan fingerprint density at radius 2 is 2.00 bits per heavy atom. The summed E-state index contributed by atoms with van der Waals surface area (Å²) >= 11 is 0. The van der Waals surface area contributed by atoms with Gasteiger partial charge < -0.3 is 10.2 Å². The first kappa shape index (κ1) is 14.6. The smallest absolute Gasteiger partial charge is 0.337 e. The fourth-order valence-electron chi connectivity index (χ4n) is 0.738. The molecule has 0 radical (unpaired) electrons. The van der Waals surface area contributed by atoms with E-state index in [9.17, 15) is 9.59 Å². The van der Waals surface area contributed by atoms with Crippen LogP contribution in [0, 0.1) is 0 Å². The first-order valence-corrected chi connectivity index (χ1v) is 4.73. The third-order valence-corrected chi connectivity index (χ3v) is 1.45. The van der Waals surface area contributed by atoms with Crippen molar-refractivity contribution in [2.75, 3.05) is 0 Å². The normalized spacial score (nSPS) is 9.94. The summed E-state index contributed by atoms with van der Waals surface area (Å²) in [7, 11) is 0. The van der Waals surface area contributed by atoms with Crippen LogP contribution < -0.4 is 0 Å². The summed E-state index contributed by atoms with van der Waals surface area (Å²) in [6.07, 6.45) is 8.82. The molecule has 0 aliphatic rings. The van der Waals surface area contributed by atoms with Crippen molar-refractivity contribution < 1.29 is 19.8 Å². The van der Waals surface area contributed by atoms with Gasteiger partial charge in [-0.2, -0.15) is 0 Å². The molecular formula is C12H13NO4. The Morgan fingerprint density at radius 3 is 2.35 bits per heavy atom. The molecule has 0 aromatic carbocycles. The van der Waals surface area contributed by atoms with Crippen LogP contribution in [0.1, 0.15) is 17.3 Å². The molecule has 0 amide bonds. The fourth-order valence-corrected chi connectivity index (χ4v) is 0.738. The van der Waals surface area contributed by atoms with Crippen LogP contribution in [-0.2, 0) is 4.79 Å². The summed E-state index contributed by atoms with van der Waals surface area (Å²) in [6, 6.07) is 3.08. The molecule has 0 spiro atoms. The van der Waals surface area contributed by atoms with Crippen LogP contribution in [0.25, 0.3) is 0 Å². The van der Waals surface area contributed by atoms with Gasteiger partial charge in [-0.15, -0.1) is 0 Å². The number of nitrogens with zero attached hydrogens (tertiary/aromatic N) is 1. The largest absolute Gasteiger partial charge is 0.478 e. The van der Waals surface area contributed by atoms with Crippen LogP contribution in [0.15, 0.2) is 48.8 Å². The SMILES string of the molecule is C/C=C/C=C/C(=O)O.O=C(O)c1cccnc1. The topological polar surface area (TPSA) is 87.5 Å². The van der Waals surface area contributed by atoms with Crippen molar-refractivity contribution in [3.8, 4) is 0 Å². The van der Waals surface area contributed by atoms with E-state index in [4.69, 9.17) is 10.2 Å². The van der Waals surface area contributed by atoms with Gasteiger partial charge in [-0.05, 0) is 19.1 Å². The molecule has 0 bridgehead atoms. The minimum atomic E-state index is -0.942. The van der Waals surface area contributed by atoms with Gasteiger partial charge in [-0.1, -0.05) is 18.2 Å². The maximum absolute atomic E-state index is 10.2. The molecule has 0 aliphatic carbocycles. The molecule has 1 aromatic heterocycles. The molecule has 1 heterocycles. The molecule has 0 fully saturated rings. The molecule has 2 N–H and O–H groups in total. The van der Waals surface area contributed by atoms with Crippen LogP contribution in [0.3, 0.4) is 0 Å². The highest BCUT2D eigenvalue weighted by Gasteiger charge is 1.97. The second-order valence-corrected chi connectivity index (χ2v) is 2.77. The summed E-state index contributed by atoms with van der Waals surface area (Å²) in [5.41, 5.74) is 0.220. The van der Waals surface area contributed by atoms with Crippen molar-refractivity contribution in [2.45, 2.75) is 6.92 Å². The average molecular weight is 235 g/mol. The van der Waals surface area contributed by atoms with Gasteiger partial charge in [-0.3, -0.25) is 4.98 Å². The summed E-state index contributed by atoms with van der Waals surface area (Å²) in [4.78, 5) is 23.5. The minimum Gasteiger partial charge on any atom is -0.478 e.